The monoisotopic (exact) mass is 385 g/mol. The Hall–Kier alpha value is -2.93. The Morgan fingerprint density at radius 1 is 1.07 bits per heavy atom. The Morgan fingerprint density at radius 3 is 2.46 bits per heavy atom. The fourth-order valence-corrected chi connectivity index (χ4v) is 3.26. The minimum absolute atomic E-state index is 0.261. The molecule has 7 heteroatoms. The highest BCUT2D eigenvalue weighted by Gasteiger charge is 2.22. The third kappa shape index (κ3) is 4.86. The number of nitrogens with one attached hydrogen (secondary N) is 2. The van der Waals surface area contributed by atoms with Crippen molar-refractivity contribution in [3.63, 3.8) is 0 Å². The van der Waals surface area contributed by atoms with Crippen LogP contribution in [0.3, 0.4) is 0 Å². The zero-order valence-corrected chi connectivity index (χ0v) is 16.5. The van der Waals surface area contributed by atoms with Gasteiger partial charge in [-0.15, -0.1) is 0 Å². The van der Waals surface area contributed by atoms with Crippen LogP contribution < -0.4 is 25.0 Å². The van der Waals surface area contributed by atoms with E-state index < -0.39 is 0 Å². The summed E-state index contributed by atoms with van der Waals surface area (Å²) in [5, 5.41) is 5.70. The van der Waals surface area contributed by atoms with Gasteiger partial charge in [-0.25, -0.2) is 4.79 Å². The minimum atomic E-state index is -0.261. The number of nitrogens with zero attached hydrogens (tertiary/aromatic N) is 1. The van der Waals surface area contributed by atoms with Crippen LogP contribution in [0.4, 0.5) is 16.2 Å². The summed E-state index contributed by atoms with van der Waals surface area (Å²) in [5.74, 6) is 1.29. The van der Waals surface area contributed by atoms with Crippen molar-refractivity contribution in [1.82, 2.24) is 5.32 Å². The van der Waals surface area contributed by atoms with Gasteiger partial charge in [-0.2, -0.15) is 0 Å². The van der Waals surface area contributed by atoms with Crippen molar-refractivity contribution in [2.45, 2.75) is 19.1 Å². The van der Waals surface area contributed by atoms with E-state index in [0.29, 0.717) is 24.1 Å². The van der Waals surface area contributed by atoms with E-state index >= 15 is 0 Å². The number of carbonyl (C=O) groups is 1. The molecule has 2 N–H and O–H groups in total. The average molecular weight is 385 g/mol. The molecule has 1 aliphatic rings. The molecule has 0 aliphatic carbocycles. The first kappa shape index (κ1) is 19.8. The molecule has 0 bridgehead atoms. The summed E-state index contributed by atoms with van der Waals surface area (Å²) in [6.45, 7) is 2.27. The molecular weight excluding hydrogens is 358 g/mol. The molecule has 0 aromatic heterocycles. The van der Waals surface area contributed by atoms with Crippen molar-refractivity contribution in [3.05, 3.63) is 48.0 Å². The number of rotatable bonds is 7. The summed E-state index contributed by atoms with van der Waals surface area (Å²) in [4.78, 5) is 14.5. The molecule has 3 rings (SSSR count). The van der Waals surface area contributed by atoms with Crippen molar-refractivity contribution in [2.24, 2.45) is 0 Å². The molecule has 0 saturated carbocycles. The first-order valence-electron chi connectivity index (χ1n) is 9.26. The van der Waals surface area contributed by atoms with E-state index in [-0.39, 0.29) is 6.03 Å². The van der Waals surface area contributed by atoms with Crippen LogP contribution in [0.5, 0.6) is 11.5 Å². The molecule has 7 nitrogen and oxygen atoms in total. The molecule has 1 atom stereocenters. The summed E-state index contributed by atoms with van der Waals surface area (Å²) < 4.78 is 15.9. The molecule has 150 valence electrons. The van der Waals surface area contributed by atoms with Crippen LogP contribution in [-0.2, 0) is 11.3 Å². The predicted molar refractivity (Wildman–Crippen MR) is 109 cm³/mol. The van der Waals surface area contributed by atoms with E-state index in [1.807, 2.05) is 42.5 Å². The van der Waals surface area contributed by atoms with Gasteiger partial charge in [0.25, 0.3) is 0 Å². The van der Waals surface area contributed by atoms with Crippen LogP contribution >= 0.6 is 0 Å². The molecule has 2 aromatic rings. The zero-order chi connectivity index (χ0) is 19.9. The number of benzene rings is 2. The van der Waals surface area contributed by atoms with E-state index in [1.54, 1.807) is 21.3 Å². The van der Waals surface area contributed by atoms with Crippen LogP contribution in [0.2, 0.25) is 0 Å². The lowest BCUT2D eigenvalue weighted by molar-refractivity contribution is 0.121. The second-order valence-corrected chi connectivity index (χ2v) is 6.64. The summed E-state index contributed by atoms with van der Waals surface area (Å²) in [6.07, 6.45) is 1.33. The maximum absolute atomic E-state index is 12.2. The zero-order valence-electron chi connectivity index (χ0n) is 16.5. The SMILES string of the molecule is COc1ccc(CNC(=O)Nc2ccc(N3CCC(OC)C3)cc2)cc1OC. The van der Waals surface area contributed by atoms with Gasteiger partial charge in [0.15, 0.2) is 11.5 Å². The van der Waals surface area contributed by atoms with Crippen molar-refractivity contribution in [3.8, 4) is 11.5 Å². The number of urea groups is 1. The number of ether oxygens (including phenoxy) is 3. The highest BCUT2D eigenvalue weighted by Crippen LogP contribution is 2.27. The van der Waals surface area contributed by atoms with E-state index in [4.69, 9.17) is 14.2 Å². The first-order valence-corrected chi connectivity index (χ1v) is 9.26. The average Bonchev–Trinajstić information content (AvgIpc) is 3.22. The molecule has 1 fully saturated rings. The third-order valence-corrected chi connectivity index (χ3v) is 4.87. The van der Waals surface area contributed by atoms with Crippen molar-refractivity contribution < 1.29 is 19.0 Å². The van der Waals surface area contributed by atoms with Gasteiger partial charge >= 0.3 is 6.03 Å². The van der Waals surface area contributed by atoms with E-state index in [2.05, 4.69) is 15.5 Å². The molecular formula is C21H27N3O4. The van der Waals surface area contributed by atoms with Crippen LogP contribution in [0.25, 0.3) is 0 Å². The normalized spacial score (nSPS) is 16.0. The van der Waals surface area contributed by atoms with Gasteiger partial charge in [-0.05, 0) is 48.4 Å². The fourth-order valence-electron chi connectivity index (χ4n) is 3.26. The summed E-state index contributed by atoms with van der Waals surface area (Å²) in [6, 6.07) is 13.1. The second kappa shape index (κ2) is 9.32. The van der Waals surface area contributed by atoms with Crippen LogP contribution in [0, 0.1) is 0 Å². The number of hydrogen-bond acceptors (Lipinski definition) is 5. The lowest BCUT2D eigenvalue weighted by Gasteiger charge is -2.18. The molecule has 1 heterocycles. The quantitative estimate of drug-likeness (QED) is 0.766. The van der Waals surface area contributed by atoms with Crippen molar-refractivity contribution in [2.75, 3.05) is 44.6 Å². The van der Waals surface area contributed by atoms with Gasteiger partial charge in [0.2, 0.25) is 0 Å². The van der Waals surface area contributed by atoms with Gasteiger partial charge < -0.3 is 29.7 Å². The minimum Gasteiger partial charge on any atom is -0.493 e. The summed E-state index contributed by atoms with van der Waals surface area (Å²) in [7, 11) is 4.93. The van der Waals surface area contributed by atoms with Crippen molar-refractivity contribution >= 4 is 17.4 Å². The maximum atomic E-state index is 12.2. The number of hydrogen-bond donors (Lipinski definition) is 2. The molecule has 2 aromatic carbocycles. The number of anilines is 2. The molecule has 1 aliphatic heterocycles. The van der Waals surface area contributed by atoms with Gasteiger partial charge in [0.1, 0.15) is 0 Å². The fraction of sp³-hybridized carbons (Fsp3) is 0.381. The predicted octanol–water partition coefficient (Wildman–Crippen LogP) is 3.25. The molecule has 0 spiro atoms. The van der Waals surface area contributed by atoms with E-state index in [1.165, 1.54) is 0 Å². The maximum Gasteiger partial charge on any atom is 0.319 e. The Labute approximate surface area is 165 Å². The number of methoxy groups -OCH3 is 3. The first-order chi connectivity index (χ1) is 13.6. The smallest absolute Gasteiger partial charge is 0.319 e. The summed E-state index contributed by atoms with van der Waals surface area (Å²) >= 11 is 0. The Balaban J connectivity index is 1.51. The van der Waals surface area contributed by atoms with Gasteiger partial charge in [0, 0.05) is 38.1 Å². The Kier molecular flexibility index (Phi) is 6.60. The Bertz CT molecular complexity index is 795. The van der Waals surface area contributed by atoms with Crippen molar-refractivity contribution in [1.29, 1.82) is 0 Å². The van der Waals surface area contributed by atoms with E-state index in [0.717, 1.165) is 36.4 Å². The summed E-state index contributed by atoms with van der Waals surface area (Å²) in [5.41, 5.74) is 2.80. The van der Waals surface area contributed by atoms with Gasteiger partial charge in [0.05, 0.1) is 20.3 Å². The standard InChI is InChI=1S/C21H27N3O4/c1-26-18-10-11-24(14-18)17-7-5-16(6-8-17)23-21(25)22-13-15-4-9-19(27-2)20(12-15)28-3/h4-9,12,18H,10-11,13-14H2,1-3H3,(H2,22,23,25). The highest BCUT2D eigenvalue weighted by molar-refractivity contribution is 5.89. The van der Waals surface area contributed by atoms with Gasteiger partial charge in [-0.1, -0.05) is 6.07 Å². The van der Waals surface area contributed by atoms with Crippen LogP contribution in [-0.4, -0.2) is 46.6 Å². The highest BCUT2D eigenvalue weighted by atomic mass is 16.5. The molecule has 28 heavy (non-hydrogen) atoms. The lowest BCUT2D eigenvalue weighted by atomic mass is 10.2. The molecule has 1 unspecified atom stereocenters. The Morgan fingerprint density at radius 2 is 1.82 bits per heavy atom. The largest absolute Gasteiger partial charge is 0.493 e. The van der Waals surface area contributed by atoms with Crippen LogP contribution in [0.15, 0.2) is 42.5 Å². The topological polar surface area (TPSA) is 72.1 Å². The van der Waals surface area contributed by atoms with Gasteiger partial charge in [-0.3, -0.25) is 0 Å². The third-order valence-electron chi connectivity index (χ3n) is 4.87. The molecule has 2 amide bonds. The number of carbonyl (C=O) groups excluding carboxylic acids is 1. The lowest BCUT2D eigenvalue weighted by Crippen LogP contribution is -2.28. The molecule has 0 radical (unpaired) electrons. The molecule has 1 saturated heterocycles. The van der Waals surface area contributed by atoms with Crippen LogP contribution in [0.1, 0.15) is 12.0 Å². The van der Waals surface area contributed by atoms with E-state index in [9.17, 15) is 4.79 Å². The number of amides is 2. The second-order valence-electron chi connectivity index (χ2n) is 6.64.